The molecule has 5 heteroatoms. The molecule has 1 aliphatic rings. The first-order valence-electron chi connectivity index (χ1n) is 8.40. The molecule has 1 aliphatic heterocycles. The number of hydrogen-bond donors (Lipinski definition) is 1. The van der Waals surface area contributed by atoms with E-state index in [1.807, 2.05) is 50.8 Å². The van der Waals surface area contributed by atoms with Crippen LogP contribution in [0, 0.1) is 0 Å². The van der Waals surface area contributed by atoms with Gasteiger partial charge in [0.05, 0.1) is 0 Å². The van der Waals surface area contributed by atoms with Crippen molar-refractivity contribution in [2.75, 3.05) is 30.3 Å². The predicted octanol–water partition coefficient (Wildman–Crippen LogP) is 3.49. The molecule has 5 nitrogen and oxygen atoms in total. The maximum atomic E-state index is 12.4. The average molecular weight is 319 g/mol. The highest BCUT2D eigenvalue weighted by molar-refractivity contribution is 5.68. The molecular weight excluding hydrogens is 290 g/mol. The van der Waals surface area contributed by atoms with Crippen LogP contribution in [0.5, 0.6) is 0 Å². The van der Waals surface area contributed by atoms with E-state index in [1.165, 1.54) is 0 Å². The minimum atomic E-state index is -0.452. The second-order valence-electron chi connectivity index (χ2n) is 7.08. The largest absolute Gasteiger partial charge is 0.444 e. The molecule has 2 N–H and O–H groups in total. The van der Waals surface area contributed by atoms with Crippen molar-refractivity contribution in [3.05, 3.63) is 24.3 Å². The van der Waals surface area contributed by atoms with Crippen LogP contribution in [0.1, 0.15) is 40.5 Å². The average Bonchev–Trinajstić information content (AvgIpc) is 2.47. The normalized spacial score (nSPS) is 16.3. The third kappa shape index (κ3) is 4.78. The lowest BCUT2D eigenvalue weighted by molar-refractivity contribution is 0.0149. The molecule has 2 rings (SSSR count). The molecule has 1 aromatic carbocycles. The van der Waals surface area contributed by atoms with Gasteiger partial charge in [0.15, 0.2) is 0 Å². The first-order valence-corrected chi connectivity index (χ1v) is 8.40. The van der Waals surface area contributed by atoms with Gasteiger partial charge in [-0.1, -0.05) is 6.07 Å². The second-order valence-corrected chi connectivity index (χ2v) is 7.08. The number of anilines is 2. The zero-order chi connectivity index (χ0) is 17.0. The van der Waals surface area contributed by atoms with E-state index in [1.54, 1.807) is 0 Å². The Morgan fingerprint density at radius 3 is 2.52 bits per heavy atom. The number of ether oxygens (including phenoxy) is 1. The molecule has 0 bridgehead atoms. The zero-order valence-electron chi connectivity index (χ0n) is 14.7. The maximum absolute atomic E-state index is 12.4. The molecule has 0 saturated carbocycles. The molecule has 0 radical (unpaired) electrons. The summed E-state index contributed by atoms with van der Waals surface area (Å²) in [4.78, 5) is 16.6. The van der Waals surface area contributed by atoms with E-state index in [0.717, 1.165) is 37.3 Å². The van der Waals surface area contributed by atoms with Gasteiger partial charge in [-0.05, 0) is 58.7 Å². The summed E-state index contributed by atoms with van der Waals surface area (Å²) < 4.78 is 5.53. The number of piperidine rings is 1. The molecule has 1 heterocycles. The van der Waals surface area contributed by atoms with Gasteiger partial charge in [0.1, 0.15) is 5.60 Å². The van der Waals surface area contributed by atoms with E-state index >= 15 is 0 Å². The van der Waals surface area contributed by atoms with Crippen molar-refractivity contribution in [2.45, 2.75) is 52.2 Å². The van der Waals surface area contributed by atoms with Crippen molar-refractivity contribution >= 4 is 17.5 Å². The molecule has 0 spiro atoms. The number of nitrogens with two attached hydrogens (primary N) is 1. The molecule has 0 aromatic heterocycles. The summed E-state index contributed by atoms with van der Waals surface area (Å²) in [5.74, 6) is 0. The fourth-order valence-corrected chi connectivity index (χ4v) is 3.01. The number of amides is 1. The lowest BCUT2D eigenvalue weighted by Gasteiger charge is -2.39. The maximum Gasteiger partial charge on any atom is 0.410 e. The molecule has 0 atom stereocenters. The topological polar surface area (TPSA) is 58.8 Å². The smallest absolute Gasteiger partial charge is 0.410 e. The summed E-state index contributed by atoms with van der Waals surface area (Å²) in [6.45, 7) is 10.2. The van der Waals surface area contributed by atoms with E-state index in [-0.39, 0.29) is 12.1 Å². The van der Waals surface area contributed by atoms with Gasteiger partial charge in [-0.2, -0.15) is 0 Å². The van der Waals surface area contributed by atoms with Gasteiger partial charge in [0.2, 0.25) is 0 Å². The van der Waals surface area contributed by atoms with Gasteiger partial charge in [-0.25, -0.2) is 4.79 Å². The number of nitrogens with zero attached hydrogens (tertiary/aromatic N) is 2. The summed E-state index contributed by atoms with van der Waals surface area (Å²) >= 11 is 0. The summed E-state index contributed by atoms with van der Waals surface area (Å²) in [5, 5.41) is 0. The summed E-state index contributed by atoms with van der Waals surface area (Å²) in [6, 6.07) is 8.22. The third-order valence-corrected chi connectivity index (χ3v) is 4.11. The monoisotopic (exact) mass is 319 g/mol. The van der Waals surface area contributed by atoms with E-state index in [4.69, 9.17) is 10.5 Å². The molecule has 128 valence electrons. The summed E-state index contributed by atoms with van der Waals surface area (Å²) in [7, 11) is 0. The van der Waals surface area contributed by atoms with Crippen LogP contribution in [0.4, 0.5) is 16.2 Å². The fourth-order valence-electron chi connectivity index (χ4n) is 3.01. The number of carbonyl (C=O) groups is 1. The van der Waals surface area contributed by atoms with Crippen LogP contribution >= 0.6 is 0 Å². The van der Waals surface area contributed by atoms with Crippen LogP contribution < -0.4 is 10.6 Å². The number of carbonyl (C=O) groups excluding carboxylic acids is 1. The quantitative estimate of drug-likeness (QED) is 0.866. The van der Waals surface area contributed by atoms with Crippen LogP contribution in [-0.4, -0.2) is 42.3 Å². The second kappa shape index (κ2) is 7.11. The SMILES string of the molecule is CCN(C(=O)OC(C)(C)C)C1CCN(c2cccc(N)c2)CC1. The molecular formula is C18H29N3O2. The Bertz CT molecular complexity index is 531. The minimum Gasteiger partial charge on any atom is -0.444 e. The van der Waals surface area contributed by atoms with Gasteiger partial charge < -0.3 is 20.3 Å². The van der Waals surface area contributed by atoms with Crippen molar-refractivity contribution < 1.29 is 9.53 Å². The Morgan fingerprint density at radius 1 is 1.35 bits per heavy atom. The van der Waals surface area contributed by atoms with E-state index in [9.17, 15) is 4.79 Å². The van der Waals surface area contributed by atoms with Crippen LogP contribution in [0.15, 0.2) is 24.3 Å². The number of nitrogen functional groups attached to an aromatic ring is 1. The third-order valence-electron chi connectivity index (χ3n) is 4.11. The highest BCUT2D eigenvalue weighted by atomic mass is 16.6. The standard InChI is InChI=1S/C18H29N3O2/c1-5-21(17(22)23-18(2,3)4)15-9-11-20(12-10-15)16-8-6-7-14(19)13-16/h6-8,13,15H,5,9-12,19H2,1-4H3. The lowest BCUT2D eigenvalue weighted by atomic mass is 10.0. The van der Waals surface area contributed by atoms with Crippen LogP contribution in [0.3, 0.4) is 0 Å². The number of hydrogen-bond acceptors (Lipinski definition) is 4. The van der Waals surface area contributed by atoms with E-state index in [0.29, 0.717) is 6.54 Å². The van der Waals surface area contributed by atoms with Crippen molar-refractivity contribution in [2.24, 2.45) is 0 Å². The van der Waals surface area contributed by atoms with Crippen molar-refractivity contribution in [1.82, 2.24) is 4.90 Å². The zero-order valence-corrected chi connectivity index (χ0v) is 14.7. The lowest BCUT2D eigenvalue weighted by Crippen LogP contribution is -2.48. The number of rotatable bonds is 3. The van der Waals surface area contributed by atoms with Gasteiger partial charge in [-0.3, -0.25) is 0 Å². The molecule has 1 amide bonds. The molecule has 1 fully saturated rings. The summed E-state index contributed by atoms with van der Waals surface area (Å²) in [6.07, 6.45) is 1.69. The first-order chi connectivity index (χ1) is 10.8. The fraction of sp³-hybridized carbons (Fsp3) is 0.611. The molecule has 0 aliphatic carbocycles. The van der Waals surface area contributed by atoms with Crippen LogP contribution in [0.25, 0.3) is 0 Å². The Labute approximate surface area is 139 Å². The van der Waals surface area contributed by atoms with E-state index < -0.39 is 5.60 Å². The van der Waals surface area contributed by atoms with Gasteiger partial charge in [0, 0.05) is 37.1 Å². The first kappa shape index (κ1) is 17.4. The van der Waals surface area contributed by atoms with Gasteiger partial charge in [0.25, 0.3) is 0 Å². The minimum absolute atomic E-state index is 0.206. The highest BCUT2D eigenvalue weighted by Crippen LogP contribution is 2.25. The Hall–Kier alpha value is -1.91. The van der Waals surface area contributed by atoms with Gasteiger partial charge in [-0.15, -0.1) is 0 Å². The molecule has 1 aromatic rings. The Kier molecular flexibility index (Phi) is 5.39. The van der Waals surface area contributed by atoms with Crippen molar-refractivity contribution in [1.29, 1.82) is 0 Å². The summed E-state index contributed by atoms with van der Waals surface area (Å²) in [5.41, 5.74) is 7.36. The Morgan fingerprint density at radius 2 is 2.00 bits per heavy atom. The molecule has 23 heavy (non-hydrogen) atoms. The van der Waals surface area contributed by atoms with Gasteiger partial charge >= 0.3 is 6.09 Å². The molecule has 0 unspecified atom stereocenters. The van der Waals surface area contributed by atoms with Crippen molar-refractivity contribution in [3.8, 4) is 0 Å². The molecule has 1 saturated heterocycles. The van der Waals surface area contributed by atoms with Crippen LogP contribution in [0.2, 0.25) is 0 Å². The predicted molar refractivity (Wildman–Crippen MR) is 94.7 cm³/mol. The van der Waals surface area contributed by atoms with Crippen LogP contribution in [-0.2, 0) is 4.74 Å². The number of benzene rings is 1. The Balaban J connectivity index is 1.95. The van der Waals surface area contributed by atoms with E-state index in [2.05, 4.69) is 11.0 Å². The highest BCUT2D eigenvalue weighted by Gasteiger charge is 2.30. The van der Waals surface area contributed by atoms with Crippen molar-refractivity contribution in [3.63, 3.8) is 0 Å².